The van der Waals surface area contributed by atoms with E-state index in [-0.39, 0.29) is 24.3 Å². The predicted octanol–water partition coefficient (Wildman–Crippen LogP) is 4.53. The lowest BCUT2D eigenvalue weighted by Crippen LogP contribution is -2.38. The Morgan fingerprint density at radius 2 is 1.91 bits per heavy atom. The number of aromatic nitrogens is 2. The summed E-state index contributed by atoms with van der Waals surface area (Å²) in [6.45, 7) is 1.23. The number of carbonyl (C=O) groups is 2. The summed E-state index contributed by atoms with van der Waals surface area (Å²) in [6.07, 6.45) is 5.58. The van der Waals surface area contributed by atoms with Crippen molar-refractivity contribution < 1.29 is 23.5 Å². The number of carboxylic acids is 1. The molecule has 0 unspecified atom stereocenters. The van der Waals surface area contributed by atoms with Gasteiger partial charge in [-0.2, -0.15) is 0 Å². The van der Waals surface area contributed by atoms with Crippen molar-refractivity contribution in [3.63, 3.8) is 0 Å². The molecule has 5 rings (SSSR count). The molecule has 1 aliphatic heterocycles. The van der Waals surface area contributed by atoms with Crippen LogP contribution in [0.25, 0.3) is 11.0 Å². The van der Waals surface area contributed by atoms with Gasteiger partial charge in [0.1, 0.15) is 17.3 Å². The van der Waals surface area contributed by atoms with Crippen LogP contribution in [-0.4, -0.2) is 38.0 Å². The van der Waals surface area contributed by atoms with E-state index in [1.807, 2.05) is 21.6 Å². The molecule has 2 aromatic heterocycles. The van der Waals surface area contributed by atoms with Crippen molar-refractivity contribution in [2.45, 2.75) is 51.6 Å². The lowest BCUT2D eigenvalue weighted by molar-refractivity contribution is -0.143. The molecule has 1 N–H and O–H groups in total. The van der Waals surface area contributed by atoms with Crippen LogP contribution in [0.5, 0.6) is 0 Å². The topological polar surface area (TPSA) is 75.4 Å². The van der Waals surface area contributed by atoms with E-state index in [0.29, 0.717) is 44.3 Å². The highest BCUT2D eigenvalue weighted by molar-refractivity contribution is 5.84. The van der Waals surface area contributed by atoms with E-state index >= 15 is 0 Å². The summed E-state index contributed by atoms with van der Waals surface area (Å²) >= 11 is 0. The van der Waals surface area contributed by atoms with Crippen LogP contribution in [0.15, 0.2) is 36.5 Å². The normalized spacial score (nSPS) is 20.4. The summed E-state index contributed by atoms with van der Waals surface area (Å²) in [5, 5.41) is 10.2. The number of hydrogen-bond acceptors (Lipinski definition) is 3. The van der Waals surface area contributed by atoms with Crippen molar-refractivity contribution in [3.8, 4) is 0 Å². The molecular weight excluding hydrogens is 440 g/mol. The molecule has 6 nitrogen and oxygen atoms in total. The van der Waals surface area contributed by atoms with Gasteiger partial charge in [-0.05, 0) is 61.8 Å². The molecule has 0 radical (unpaired) electrons. The highest BCUT2D eigenvalue weighted by Crippen LogP contribution is 2.34. The minimum atomic E-state index is -0.743. The van der Waals surface area contributed by atoms with Crippen LogP contribution < -0.4 is 0 Å². The van der Waals surface area contributed by atoms with Gasteiger partial charge in [0.2, 0.25) is 5.91 Å². The zero-order chi connectivity index (χ0) is 23.8. The van der Waals surface area contributed by atoms with Gasteiger partial charge in [0, 0.05) is 41.9 Å². The standard InChI is InChI=1S/C26H27F2N3O3/c27-19-8-7-18(22(28)13-19)14-31-23-15-30(11-9-20(23)21-2-1-10-29-25(21)31)24(32)12-16-3-5-17(6-4-16)26(33)34/h1-2,7-8,10,13,16-17H,3-6,9,11-12,14-15H2,(H,33,34)/t16-,17-. The minimum absolute atomic E-state index is 0.0714. The molecule has 1 amide bonds. The molecule has 8 heteroatoms. The number of amides is 1. The van der Waals surface area contributed by atoms with Gasteiger partial charge in [-0.1, -0.05) is 6.07 Å². The van der Waals surface area contributed by atoms with Crippen molar-refractivity contribution >= 4 is 22.9 Å². The second-order valence-electron chi connectivity index (χ2n) is 9.45. The first kappa shape index (κ1) is 22.5. The van der Waals surface area contributed by atoms with Gasteiger partial charge < -0.3 is 14.6 Å². The SMILES string of the molecule is O=C(C[C@H]1CC[C@H](C(=O)O)CC1)N1CCc2c(n(Cc3ccc(F)cc3F)c3ncccc23)C1. The van der Waals surface area contributed by atoms with E-state index in [0.717, 1.165) is 41.2 Å². The quantitative estimate of drug-likeness (QED) is 0.598. The Morgan fingerprint density at radius 1 is 1.12 bits per heavy atom. The van der Waals surface area contributed by atoms with Crippen LogP contribution in [0, 0.1) is 23.5 Å². The zero-order valence-corrected chi connectivity index (χ0v) is 18.8. The Balaban J connectivity index is 1.37. The van der Waals surface area contributed by atoms with Gasteiger partial charge in [0.05, 0.1) is 19.0 Å². The molecule has 0 spiro atoms. The molecule has 0 bridgehead atoms. The first-order chi connectivity index (χ1) is 16.4. The third-order valence-corrected chi connectivity index (χ3v) is 7.37. The maximum Gasteiger partial charge on any atom is 0.306 e. The third-order valence-electron chi connectivity index (χ3n) is 7.37. The predicted molar refractivity (Wildman–Crippen MR) is 122 cm³/mol. The maximum absolute atomic E-state index is 14.4. The molecular formula is C26H27F2N3O3. The van der Waals surface area contributed by atoms with Crippen LogP contribution in [0.4, 0.5) is 8.78 Å². The number of rotatable bonds is 5. The second-order valence-corrected chi connectivity index (χ2v) is 9.45. The van der Waals surface area contributed by atoms with E-state index in [1.165, 1.54) is 12.1 Å². The third kappa shape index (κ3) is 4.29. The number of aliphatic carboxylic acids is 1. The smallest absolute Gasteiger partial charge is 0.306 e. The average molecular weight is 468 g/mol. The van der Waals surface area contributed by atoms with E-state index < -0.39 is 17.6 Å². The number of benzene rings is 1. The van der Waals surface area contributed by atoms with Crippen molar-refractivity contribution in [2.24, 2.45) is 11.8 Å². The molecule has 3 aromatic rings. The fraction of sp³-hybridized carbons (Fsp3) is 0.423. The molecule has 3 heterocycles. The largest absolute Gasteiger partial charge is 0.481 e. The number of hydrogen-bond donors (Lipinski definition) is 1. The van der Waals surface area contributed by atoms with Crippen molar-refractivity contribution in [1.29, 1.82) is 0 Å². The van der Waals surface area contributed by atoms with Crippen LogP contribution in [0.3, 0.4) is 0 Å². The van der Waals surface area contributed by atoms with E-state index in [9.17, 15) is 23.5 Å². The molecule has 178 valence electrons. The zero-order valence-electron chi connectivity index (χ0n) is 18.8. The molecule has 0 atom stereocenters. The summed E-state index contributed by atoms with van der Waals surface area (Å²) in [6, 6.07) is 7.45. The fourth-order valence-corrected chi connectivity index (χ4v) is 5.45. The Labute approximate surface area is 196 Å². The summed E-state index contributed by atoms with van der Waals surface area (Å²) in [5.74, 6) is -1.97. The number of nitrogens with zero attached hydrogens (tertiary/aromatic N) is 3. The Morgan fingerprint density at radius 3 is 2.65 bits per heavy atom. The number of pyridine rings is 1. The monoisotopic (exact) mass is 467 g/mol. The molecule has 1 saturated carbocycles. The number of halogens is 2. The van der Waals surface area contributed by atoms with Crippen molar-refractivity contribution in [1.82, 2.24) is 14.5 Å². The van der Waals surface area contributed by atoms with Gasteiger partial charge >= 0.3 is 5.97 Å². The average Bonchev–Trinajstić information content (AvgIpc) is 3.14. The van der Waals surface area contributed by atoms with Crippen LogP contribution in [0.1, 0.15) is 48.9 Å². The first-order valence-electron chi connectivity index (χ1n) is 11.8. The first-order valence-corrected chi connectivity index (χ1v) is 11.8. The molecule has 1 aromatic carbocycles. The number of carboxylic acid groups (broad SMARTS) is 1. The maximum atomic E-state index is 14.4. The highest BCUT2D eigenvalue weighted by Gasteiger charge is 2.31. The summed E-state index contributed by atoms with van der Waals surface area (Å²) < 4.78 is 29.8. The molecule has 0 saturated heterocycles. The van der Waals surface area contributed by atoms with Gasteiger partial charge in [-0.3, -0.25) is 9.59 Å². The Bertz CT molecular complexity index is 1250. The Kier molecular flexibility index (Phi) is 6.06. The summed E-state index contributed by atoms with van der Waals surface area (Å²) in [4.78, 5) is 30.7. The lowest BCUT2D eigenvalue weighted by Gasteiger charge is -2.31. The number of fused-ring (bicyclic) bond motifs is 3. The van der Waals surface area contributed by atoms with Gasteiger partial charge in [0.15, 0.2) is 0 Å². The van der Waals surface area contributed by atoms with Crippen molar-refractivity contribution in [2.75, 3.05) is 6.54 Å². The van der Waals surface area contributed by atoms with Crippen LogP contribution in [0.2, 0.25) is 0 Å². The van der Waals surface area contributed by atoms with Gasteiger partial charge in [-0.25, -0.2) is 13.8 Å². The highest BCUT2D eigenvalue weighted by atomic mass is 19.1. The second kappa shape index (κ2) is 9.16. The number of carbonyl (C=O) groups excluding carboxylic acids is 1. The summed E-state index contributed by atoms with van der Waals surface area (Å²) in [7, 11) is 0. The van der Waals surface area contributed by atoms with Gasteiger partial charge in [0.25, 0.3) is 0 Å². The Hall–Kier alpha value is -3.29. The van der Waals surface area contributed by atoms with E-state index in [2.05, 4.69) is 4.98 Å². The van der Waals surface area contributed by atoms with Gasteiger partial charge in [-0.15, -0.1) is 0 Å². The lowest BCUT2D eigenvalue weighted by atomic mass is 9.80. The van der Waals surface area contributed by atoms with Crippen LogP contribution >= 0.6 is 0 Å². The molecule has 1 aliphatic carbocycles. The molecule has 1 fully saturated rings. The molecule has 2 aliphatic rings. The molecule has 34 heavy (non-hydrogen) atoms. The summed E-state index contributed by atoms with van der Waals surface area (Å²) in [5.41, 5.74) is 3.16. The van der Waals surface area contributed by atoms with E-state index in [4.69, 9.17) is 0 Å². The minimum Gasteiger partial charge on any atom is -0.481 e. The van der Waals surface area contributed by atoms with Crippen LogP contribution in [-0.2, 0) is 29.1 Å². The fourth-order valence-electron chi connectivity index (χ4n) is 5.45. The van der Waals surface area contributed by atoms with E-state index in [1.54, 1.807) is 6.20 Å². The van der Waals surface area contributed by atoms with Crippen molar-refractivity contribution in [3.05, 3.63) is 65.0 Å².